The van der Waals surface area contributed by atoms with E-state index in [2.05, 4.69) is 39.6 Å². The summed E-state index contributed by atoms with van der Waals surface area (Å²) in [5.41, 5.74) is 0. The number of alkyl halides is 1. The highest BCUT2D eigenvalue weighted by Gasteiger charge is 2.24. The Kier molecular flexibility index (Phi) is 8.71. The summed E-state index contributed by atoms with van der Waals surface area (Å²) in [5.74, 6) is 0.652. The first-order valence-electron chi connectivity index (χ1n) is 7.80. The fourth-order valence-corrected chi connectivity index (χ4v) is 3.25. The molecule has 0 spiro atoms. The molecule has 0 radical (unpaired) electrons. The summed E-state index contributed by atoms with van der Waals surface area (Å²) < 4.78 is 0. The number of unbranched alkanes of at least 4 members (excludes halogenated alkanes) is 1. The van der Waals surface area contributed by atoms with Crippen LogP contribution in [0.2, 0.25) is 0 Å². The van der Waals surface area contributed by atoms with E-state index >= 15 is 0 Å². The molecular formula is C15H29BrN2O. The van der Waals surface area contributed by atoms with E-state index in [0.717, 1.165) is 57.3 Å². The highest BCUT2D eigenvalue weighted by Crippen LogP contribution is 2.17. The third-order valence-electron chi connectivity index (χ3n) is 4.05. The van der Waals surface area contributed by atoms with Crippen molar-refractivity contribution < 1.29 is 4.79 Å². The van der Waals surface area contributed by atoms with E-state index in [4.69, 9.17) is 0 Å². The van der Waals surface area contributed by atoms with Crippen LogP contribution in [-0.2, 0) is 4.79 Å². The van der Waals surface area contributed by atoms with Crippen LogP contribution in [0.3, 0.4) is 0 Å². The lowest BCUT2D eigenvalue weighted by molar-refractivity contribution is -0.135. The van der Waals surface area contributed by atoms with Gasteiger partial charge in [0.1, 0.15) is 0 Å². The van der Waals surface area contributed by atoms with E-state index in [0.29, 0.717) is 5.91 Å². The van der Waals surface area contributed by atoms with Crippen LogP contribution in [0.1, 0.15) is 46.0 Å². The molecule has 4 heteroatoms. The zero-order chi connectivity index (χ0) is 14.1. The minimum absolute atomic E-state index is 0.252. The maximum absolute atomic E-state index is 12.6. The molecule has 1 rings (SSSR count). The van der Waals surface area contributed by atoms with Gasteiger partial charge in [0.15, 0.2) is 0 Å². The van der Waals surface area contributed by atoms with E-state index in [1.807, 2.05) is 0 Å². The van der Waals surface area contributed by atoms with Gasteiger partial charge < -0.3 is 9.80 Å². The van der Waals surface area contributed by atoms with Gasteiger partial charge in [0.2, 0.25) is 5.91 Å². The largest absolute Gasteiger partial charge is 0.341 e. The number of carbonyl (C=O) groups excluding carboxylic acids is 1. The lowest BCUT2D eigenvalue weighted by Gasteiger charge is -2.26. The second-order valence-corrected chi connectivity index (χ2v) is 6.25. The average molecular weight is 333 g/mol. The van der Waals surface area contributed by atoms with Crippen LogP contribution in [0.5, 0.6) is 0 Å². The number of nitrogens with zero attached hydrogens (tertiary/aromatic N) is 2. The molecule has 1 heterocycles. The van der Waals surface area contributed by atoms with E-state index in [-0.39, 0.29) is 5.92 Å². The van der Waals surface area contributed by atoms with Crippen molar-refractivity contribution in [1.82, 2.24) is 9.80 Å². The molecule has 0 aliphatic carbocycles. The SMILES string of the molecule is CCCCC(CC)C(=O)N1CCCN(CCBr)CC1. The fraction of sp³-hybridized carbons (Fsp3) is 0.933. The zero-order valence-corrected chi connectivity index (χ0v) is 14.1. The highest BCUT2D eigenvalue weighted by molar-refractivity contribution is 9.09. The van der Waals surface area contributed by atoms with Crippen LogP contribution in [0, 0.1) is 5.92 Å². The molecule has 1 atom stereocenters. The summed E-state index contributed by atoms with van der Waals surface area (Å²) in [6.45, 7) is 9.45. The number of hydrogen-bond donors (Lipinski definition) is 0. The average Bonchev–Trinajstić information content (AvgIpc) is 2.65. The Morgan fingerprint density at radius 2 is 2.00 bits per heavy atom. The van der Waals surface area contributed by atoms with Crippen molar-refractivity contribution >= 4 is 21.8 Å². The highest BCUT2D eigenvalue weighted by atomic mass is 79.9. The molecule has 1 saturated heterocycles. The van der Waals surface area contributed by atoms with Crippen molar-refractivity contribution in [3.63, 3.8) is 0 Å². The lowest BCUT2D eigenvalue weighted by atomic mass is 9.97. The Hall–Kier alpha value is -0.0900. The van der Waals surface area contributed by atoms with Gasteiger partial charge in [0.25, 0.3) is 0 Å². The lowest BCUT2D eigenvalue weighted by Crippen LogP contribution is -2.39. The molecule has 1 aliphatic heterocycles. The molecule has 1 fully saturated rings. The topological polar surface area (TPSA) is 23.6 Å². The van der Waals surface area contributed by atoms with Crippen molar-refractivity contribution in [2.75, 3.05) is 38.1 Å². The van der Waals surface area contributed by atoms with Gasteiger partial charge in [-0.1, -0.05) is 42.6 Å². The quantitative estimate of drug-likeness (QED) is 0.668. The van der Waals surface area contributed by atoms with Gasteiger partial charge in [0, 0.05) is 37.4 Å². The number of rotatable bonds is 7. The Morgan fingerprint density at radius 1 is 1.21 bits per heavy atom. The Morgan fingerprint density at radius 3 is 2.63 bits per heavy atom. The first kappa shape index (κ1) is 17.0. The summed E-state index contributed by atoms with van der Waals surface area (Å²) in [5, 5.41) is 1.02. The standard InChI is InChI=1S/C15H29BrN2O/c1-3-5-7-14(4-2)15(19)18-10-6-9-17(11-8-16)12-13-18/h14H,3-13H2,1-2H3. The van der Waals surface area contributed by atoms with Gasteiger partial charge in [-0.15, -0.1) is 0 Å². The van der Waals surface area contributed by atoms with Gasteiger partial charge in [0.05, 0.1) is 0 Å². The minimum Gasteiger partial charge on any atom is -0.341 e. The second-order valence-electron chi connectivity index (χ2n) is 5.46. The molecule has 0 aromatic rings. The normalized spacial score (nSPS) is 19.2. The Labute approximate surface area is 126 Å². The fourth-order valence-electron chi connectivity index (χ4n) is 2.75. The molecule has 0 aromatic carbocycles. The number of hydrogen-bond acceptors (Lipinski definition) is 2. The smallest absolute Gasteiger partial charge is 0.225 e. The van der Waals surface area contributed by atoms with E-state index in [9.17, 15) is 4.79 Å². The Bertz CT molecular complexity index is 261. The van der Waals surface area contributed by atoms with Gasteiger partial charge in [-0.3, -0.25) is 4.79 Å². The Balaban J connectivity index is 2.46. The van der Waals surface area contributed by atoms with E-state index in [1.165, 1.54) is 12.8 Å². The zero-order valence-electron chi connectivity index (χ0n) is 12.5. The first-order valence-corrected chi connectivity index (χ1v) is 8.92. The van der Waals surface area contributed by atoms with Crippen molar-refractivity contribution in [1.29, 1.82) is 0 Å². The summed E-state index contributed by atoms with van der Waals surface area (Å²) >= 11 is 3.50. The summed E-state index contributed by atoms with van der Waals surface area (Å²) in [6, 6.07) is 0. The molecule has 1 amide bonds. The molecular weight excluding hydrogens is 304 g/mol. The van der Waals surface area contributed by atoms with Crippen LogP contribution in [0.15, 0.2) is 0 Å². The summed E-state index contributed by atoms with van der Waals surface area (Å²) in [6.07, 6.45) is 5.52. The van der Waals surface area contributed by atoms with Gasteiger partial charge in [-0.2, -0.15) is 0 Å². The predicted molar refractivity (Wildman–Crippen MR) is 84.7 cm³/mol. The van der Waals surface area contributed by atoms with Gasteiger partial charge in [-0.25, -0.2) is 0 Å². The monoisotopic (exact) mass is 332 g/mol. The van der Waals surface area contributed by atoms with Gasteiger partial charge in [-0.05, 0) is 25.8 Å². The molecule has 1 aliphatic rings. The van der Waals surface area contributed by atoms with Crippen molar-refractivity contribution in [3.05, 3.63) is 0 Å². The third kappa shape index (κ3) is 5.82. The molecule has 112 valence electrons. The molecule has 0 bridgehead atoms. The second kappa shape index (κ2) is 9.76. The first-order chi connectivity index (χ1) is 9.22. The number of halogens is 1. The van der Waals surface area contributed by atoms with Crippen LogP contribution < -0.4 is 0 Å². The summed E-state index contributed by atoms with van der Waals surface area (Å²) in [7, 11) is 0. The van der Waals surface area contributed by atoms with Crippen LogP contribution in [-0.4, -0.2) is 53.8 Å². The van der Waals surface area contributed by atoms with Crippen LogP contribution in [0.25, 0.3) is 0 Å². The summed E-state index contributed by atoms with van der Waals surface area (Å²) in [4.78, 5) is 17.1. The minimum atomic E-state index is 0.252. The predicted octanol–water partition coefficient (Wildman–Crippen LogP) is 3.13. The van der Waals surface area contributed by atoms with Crippen molar-refractivity contribution in [2.45, 2.75) is 46.0 Å². The molecule has 0 N–H and O–H groups in total. The third-order valence-corrected chi connectivity index (χ3v) is 4.40. The van der Waals surface area contributed by atoms with Crippen LogP contribution >= 0.6 is 15.9 Å². The molecule has 0 saturated carbocycles. The van der Waals surface area contributed by atoms with Crippen molar-refractivity contribution in [3.8, 4) is 0 Å². The number of carbonyl (C=O) groups is 1. The molecule has 19 heavy (non-hydrogen) atoms. The maximum atomic E-state index is 12.6. The maximum Gasteiger partial charge on any atom is 0.225 e. The van der Waals surface area contributed by atoms with Gasteiger partial charge >= 0.3 is 0 Å². The molecule has 0 aromatic heterocycles. The number of amides is 1. The molecule has 3 nitrogen and oxygen atoms in total. The molecule has 1 unspecified atom stereocenters. The van der Waals surface area contributed by atoms with E-state index in [1.54, 1.807) is 0 Å². The van der Waals surface area contributed by atoms with Crippen molar-refractivity contribution in [2.24, 2.45) is 5.92 Å². The van der Waals surface area contributed by atoms with Crippen LogP contribution in [0.4, 0.5) is 0 Å². The van der Waals surface area contributed by atoms with E-state index < -0.39 is 0 Å².